The average Bonchev–Trinajstić information content (AvgIpc) is 2.94. The zero-order valence-electron chi connectivity index (χ0n) is 13.5. The van der Waals surface area contributed by atoms with Gasteiger partial charge in [-0.3, -0.25) is 4.79 Å². The number of piperidine rings is 1. The van der Waals surface area contributed by atoms with Gasteiger partial charge in [0.25, 0.3) is 0 Å². The van der Waals surface area contributed by atoms with E-state index in [-0.39, 0.29) is 5.91 Å². The first-order valence-electron chi connectivity index (χ1n) is 7.95. The van der Waals surface area contributed by atoms with E-state index in [2.05, 4.69) is 17.1 Å². The number of amides is 1. The molecule has 128 valence electrons. The van der Waals surface area contributed by atoms with Crippen molar-refractivity contribution in [2.45, 2.75) is 37.4 Å². The number of nitrogens with two attached hydrogens (primary N) is 1. The van der Waals surface area contributed by atoms with Crippen molar-refractivity contribution in [3.63, 3.8) is 0 Å². The van der Waals surface area contributed by atoms with Gasteiger partial charge in [-0.15, -0.1) is 10.2 Å². The molecule has 24 heavy (non-hydrogen) atoms. The predicted molar refractivity (Wildman–Crippen MR) is 96.4 cm³/mol. The van der Waals surface area contributed by atoms with Crippen LogP contribution < -0.4 is 5.84 Å². The number of hydrogen-bond donors (Lipinski definition) is 1. The predicted octanol–water partition coefficient (Wildman–Crippen LogP) is 2.81. The number of likely N-dealkylation sites (tertiary alicyclic amines) is 1. The van der Waals surface area contributed by atoms with E-state index in [0.29, 0.717) is 27.8 Å². The van der Waals surface area contributed by atoms with E-state index >= 15 is 0 Å². The highest BCUT2D eigenvalue weighted by molar-refractivity contribution is 7.99. The Hall–Kier alpha value is -1.73. The van der Waals surface area contributed by atoms with Gasteiger partial charge in [0.15, 0.2) is 5.82 Å². The van der Waals surface area contributed by atoms with Crippen molar-refractivity contribution in [3.8, 4) is 11.4 Å². The highest BCUT2D eigenvalue weighted by Crippen LogP contribution is 2.25. The summed E-state index contributed by atoms with van der Waals surface area (Å²) in [6, 6.07) is 7.58. The Kier molecular flexibility index (Phi) is 5.30. The fourth-order valence-electron chi connectivity index (χ4n) is 2.88. The normalized spacial score (nSPS) is 17.9. The molecule has 0 saturated carbocycles. The summed E-state index contributed by atoms with van der Waals surface area (Å²) in [6.45, 7) is 2.94. The van der Waals surface area contributed by atoms with Crippen molar-refractivity contribution in [3.05, 3.63) is 29.3 Å². The summed E-state index contributed by atoms with van der Waals surface area (Å²) >= 11 is 7.31. The number of thioether (sulfide) groups is 1. The molecule has 3 rings (SSSR count). The van der Waals surface area contributed by atoms with Gasteiger partial charge in [0, 0.05) is 23.2 Å². The maximum Gasteiger partial charge on any atom is 0.233 e. The number of carbonyl (C=O) groups excluding carboxylic acids is 1. The SMILES string of the molecule is C[C@H]1CCCCN1C(=O)CSc1nnc(-c2cccc(Cl)c2)n1N. The molecule has 0 unspecified atom stereocenters. The topological polar surface area (TPSA) is 77.0 Å². The van der Waals surface area contributed by atoms with E-state index in [0.717, 1.165) is 24.9 Å². The molecule has 1 aliphatic heterocycles. The van der Waals surface area contributed by atoms with Gasteiger partial charge < -0.3 is 10.7 Å². The van der Waals surface area contributed by atoms with Gasteiger partial charge in [-0.1, -0.05) is 35.5 Å². The van der Waals surface area contributed by atoms with Crippen LogP contribution in [0.1, 0.15) is 26.2 Å². The Morgan fingerprint density at radius 1 is 1.42 bits per heavy atom. The highest BCUT2D eigenvalue weighted by atomic mass is 35.5. The largest absolute Gasteiger partial charge is 0.339 e. The summed E-state index contributed by atoms with van der Waals surface area (Å²) in [4.78, 5) is 14.4. The van der Waals surface area contributed by atoms with E-state index in [1.165, 1.54) is 22.9 Å². The molecule has 1 atom stereocenters. The molecule has 0 bridgehead atoms. The van der Waals surface area contributed by atoms with Gasteiger partial charge in [0.05, 0.1) is 5.75 Å². The number of carbonyl (C=O) groups is 1. The summed E-state index contributed by atoms with van der Waals surface area (Å²) in [5, 5.41) is 9.34. The second-order valence-electron chi connectivity index (χ2n) is 5.91. The lowest BCUT2D eigenvalue weighted by molar-refractivity contribution is -0.131. The Morgan fingerprint density at radius 2 is 2.25 bits per heavy atom. The molecule has 1 aromatic heterocycles. The number of nitrogen functional groups attached to an aromatic ring is 1. The van der Waals surface area contributed by atoms with E-state index in [1.807, 2.05) is 17.0 Å². The van der Waals surface area contributed by atoms with E-state index in [9.17, 15) is 4.79 Å². The third-order valence-electron chi connectivity index (χ3n) is 4.20. The van der Waals surface area contributed by atoms with Gasteiger partial charge in [-0.2, -0.15) is 0 Å². The van der Waals surface area contributed by atoms with E-state index in [1.54, 1.807) is 12.1 Å². The maximum atomic E-state index is 12.4. The Labute approximate surface area is 150 Å². The molecule has 2 aromatic rings. The molecule has 2 heterocycles. The number of benzene rings is 1. The van der Waals surface area contributed by atoms with E-state index < -0.39 is 0 Å². The third kappa shape index (κ3) is 3.67. The van der Waals surface area contributed by atoms with Gasteiger partial charge >= 0.3 is 0 Å². The van der Waals surface area contributed by atoms with Crippen molar-refractivity contribution >= 4 is 29.3 Å². The standard InChI is InChI=1S/C16H20ClN5OS/c1-11-5-2-3-8-21(11)14(23)10-24-16-20-19-15(22(16)18)12-6-4-7-13(17)9-12/h4,6-7,9,11H,2-3,5,8,10,18H2,1H3/t11-/m0/s1. The van der Waals surface area contributed by atoms with Crippen molar-refractivity contribution in [2.75, 3.05) is 18.1 Å². The van der Waals surface area contributed by atoms with Crippen LogP contribution in [0, 0.1) is 0 Å². The lowest BCUT2D eigenvalue weighted by Gasteiger charge is -2.33. The fraction of sp³-hybridized carbons (Fsp3) is 0.438. The molecule has 6 nitrogen and oxygen atoms in total. The Balaban J connectivity index is 1.67. The van der Waals surface area contributed by atoms with Crippen LogP contribution in [-0.2, 0) is 4.79 Å². The minimum atomic E-state index is 0.125. The van der Waals surface area contributed by atoms with Crippen molar-refractivity contribution in [1.29, 1.82) is 0 Å². The first-order chi connectivity index (χ1) is 11.6. The number of rotatable bonds is 4. The first kappa shape index (κ1) is 17.1. The summed E-state index contributed by atoms with van der Waals surface area (Å²) in [6.07, 6.45) is 3.34. The molecule has 1 fully saturated rings. The average molecular weight is 366 g/mol. The van der Waals surface area contributed by atoms with Crippen LogP contribution in [0.4, 0.5) is 0 Å². The molecule has 1 amide bonds. The van der Waals surface area contributed by atoms with Crippen molar-refractivity contribution in [2.24, 2.45) is 0 Å². The zero-order chi connectivity index (χ0) is 17.1. The second kappa shape index (κ2) is 7.44. The fourth-order valence-corrected chi connectivity index (χ4v) is 3.81. The summed E-state index contributed by atoms with van der Waals surface area (Å²) in [5.41, 5.74) is 0.792. The smallest absolute Gasteiger partial charge is 0.233 e. The molecular formula is C16H20ClN5OS. The first-order valence-corrected chi connectivity index (χ1v) is 9.31. The van der Waals surface area contributed by atoms with Gasteiger partial charge in [0.1, 0.15) is 0 Å². The summed E-state index contributed by atoms with van der Waals surface area (Å²) in [5.74, 6) is 7.05. The molecule has 0 aliphatic carbocycles. The molecule has 8 heteroatoms. The monoisotopic (exact) mass is 365 g/mol. The number of halogens is 1. The van der Waals surface area contributed by atoms with Gasteiger partial charge in [-0.25, -0.2) is 4.68 Å². The van der Waals surface area contributed by atoms with Gasteiger partial charge in [0.2, 0.25) is 11.1 Å². The minimum absolute atomic E-state index is 0.125. The van der Waals surface area contributed by atoms with Crippen molar-refractivity contribution in [1.82, 2.24) is 19.8 Å². The Bertz CT molecular complexity index is 735. The number of nitrogens with zero attached hydrogens (tertiary/aromatic N) is 4. The quantitative estimate of drug-likeness (QED) is 0.666. The number of hydrogen-bond acceptors (Lipinski definition) is 5. The zero-order valence-corrected chi connectivity index (χ0v) is 15.1. The number of aromatic nitrogens is 3. The van der Waals surface area contributed by atoms with Crippen LogP contribution in [0.3, 0.4) is 0 Å². The Morgan fingerprint density at radius 3 is 3.00 bits per heavy atom. The minimum Gasteiger partial charge on any atom is -0.339 e. The highest BCUT2D eigenvalue weighted by Gasteiger charge is 2.24. The second-order valence-corrected chi connectivity index (χ2v) is 7.29. The van der Waals surface area contributed by atoms with Crippen LogP contribution in [0.5, 0.6) is 0 Å². The van der Waals surface area contributed by atoms with Crippen LogP contribution in [0.2, 0.25) is 5.02 Å². The van der Waals surface area contributed by atoms with Crippen LogP contribution in [0.15, 0.2) is 29.4 Å². The van der Waals surface area contributed by atoms with Crippen LogP contribution in [-0.4, -0.2) is 44.0 Å². The van der Waals surface area contributed by atoms with E-state index in [4.69, 9.17) is 17.4 Å². The van der Waals surface area contributed by atoms with Crippen LogP contribution in [0.25, 0.3) is 11.4 Å². The third-order valence-corrected chi connectivity index (χ3v) is 5.36. The maximum absolute atomic E-state index is 12.4. The lowest BCUT2D eigenvalue weighted by atomic mass is 10.0. The van der Waals surface area contributed by atoms with Crippen molar-refractivity contribution < 1.29 is 4.79 Å². The molecule has 0 spiro atoms. The molecule has 2 N–H and O–H groups in total. The molecule has 1 saturated heterocycles. The lowest BCUT2D eigenvalue weighted by Crippen LogP contribution is -2.43. The summed E-state index contributed by atoms with van der Waals surface area (Å²) < 4.78 is 1.41. The molecule has 0 radical (unpaired) electrons. The molecular weight excluding hydrogens is 346 g/mol. The molecule has 1 aliphatic rings. The molecule has 1 aromatic carbocycles. The van der Waals surface area contributed by atoms with Crippen LogP contribution >= 0.6 is 23.4 Å². The van der Waals surface area contributed by atoms with Gasteiger partial charge in [-0.05, 0) is 38.3 Å². The summed E-state index contributed by atoms with van der Waals surface area (Å²) in [7, 11) is 0.